The molecule has 0 fully saturated rings. The van der Waals surface area contributed by atoms with Crippen LogP contribution in [0.15, 0.2) is 77.9 Å². The molecule has 0 aliphatic heterocycles. The number of ether oxygens (including phenoxy) is 2. The van der Waals surface area contributed by atoms with Crippen molar-refractivity contribution in [3.05, 3.63) is 83.9 Å². The summed E-state index contributed by atoms with van der Waals surface area (Å²) in [6, 6.07) is 21.3. The maximum absolute atomic E-state index is 12.3. The zero-order chi connectivity index (χ0) is 23.5. The highest BCUT2D eigenvalue weighted by atomic mass is 16.5. The third-order valence-electron chi connectivity index (χ3n) is 4.46. The van der Waals surface area contributed by atoms with Crippen LogP contribution < -0.4 is 25.5 Å². The van der Waals surface area contributed by atoms with E-state index in [0.29, 0.717) is 29.4 Å². The Morgan fingerprint density at radius 3 is 2.42 bits per heavy atom. The molecule has 0 bridgehead atoms. The Labute approximate surface area is 192 Å². The van der Waals surface area contributed by atoms with Crippen LogP contribution in [0.2, 0.25) is 0 Å². The van der Waals surface area contributed by atoms with Crippen LogP contribution in [0.1, 0.15) is 18.1 Å². The third kappa shape index (κ3) is 7.39. The third-order valence-corrected chi connectivity index (χ3v) is 4.46. The fourth-order valence-electron chi connectivity index (χ4n) is 2.88. The van der Waals surface area contributed by atoms with E-state index >= 15 is 0 Å². The normalized spacial score (nSPS) is 10.5. The van der Waals surface area contributed by atoms with E-state index in [4.69, 9.17) is 9.47 Å². The molecule has 3 rings (SSSR count). The smallest absolute Gasteiger partial charge is 0.339 e. The summed E-state index contributed by atoms with van der Waals surface area (Å²) in [7, 11) is 0. The van der Waals surface area contributed by atoms with Gasteiger partial charge in [-0.25, -0.2) is 10.2 Å². The minimum absolute atomic E-state index is 0.164. The molecule has 3 aromatic rings. The summed E-state index contributed by atoms with van der Waals surface area (Å²) >= 11 is 0. The van der Waals surface area contributed by atoms with Crippen molar-refractivity contribution in [2.24, 2.45) is 5.10 Å². The first-order valence-corrected chi connectivity index (χ1v) is 10.5. The predicted molar refractivity (Wildman–Crippen MR) is 129 cm³/mol. The Bertz CT molecular complexity index is 1120. The number of carbonyl (C=O) groups excluding carboxylic acids is 2. The van der Waals surface area contributed by atoms with Gasteiger partial charge in [-0.2, -0.15) is 5.10 Å². The van der Waals surface area contributed by atoms with Gasteiger partial charge >= 0.3 is 6.03 Å². The standard InChI is InChI=1S/C25H26N4O4/c1-3-32-23-15-19(16-26-29-25(31)27-20-10-5-4-6-11-20)13-14-22(23)33-17-24(30)28-21-12-8-7-9-18(21)2/h4-16H,3,17H2,1-2H3,(H,28,30)(H2,27,29,31)/b26-16+. The van der Waals surface area contributed by atoms with Gasteiger partial charge in [-0.15, -0.1) is 0 Å². The van der Waals surface area contributed by atoms with Crippen LogP contribution >= 0.6 is 0 Å². The molecule has 0 saturated heterocycles. The Morgan fingerprint density at radius 2 is 1.67 bits per heavy atom. The summed E-state index contributed by atoms with van der Waals surface area (Å²) < 4.78 is 11.3. The highest BCUT2D eigenvalue weighted by molar-refractivity contribution is 5.92. The Morgan fingerprint density at radius 1 is 0.909 bits per heavy atom. The number of hydrazone groups is 1. The number of nitrogens with one attached hydrogen (secondary N) is 3. The van der Waals surface area contributed by atoms with Crippen LogP contribution in [0, 0.1) is 6.92 Å². The molecule has 0 aliphatic carbocycles. The molecular formula is C25H26N4O4. The van der Waals surface area contributed by atoms with Crippen LogP contribution in [-0.2, 0) is 4.79 Å². The molecule has 170 valence electrons. The van der Waals surface area contributed by atoms with Crippen molar-refractivity contribution in [3.63, 3.8) is 0 Å². The van der Waals surface area contributed by atoms with Gasteiger partial charge in [-0.1, -0.05) is 36.4 Å². The quantitative estimate of drug-likeness (QED) is 0.331. The maximum atomic E-state index is 12.3. The van der Waals surface area contributed by atoms with Gasteiger partial charge in [0, 0.05) is 11.4 Å². The molecule has 3 aromatic carbocycles. The SMILES string of the molecule is CCOc1cc(/C=N/NC(=O)Nc2ccccc2)ccc1OCC(=O)Nc1ccccc1C. The summed E-state index contributed by atoms with van der Waals surface area (Å²) in [6.07, 6.45) is 1.49. The molecule has 0 radical (unpaired) electrons. The second kappa shape index (κ2) is 11.9. The molecule has 0 spiro atoms. The summed E-state index contributed by atoms with van der Waals surface area (Å²) in [6.45, 7) is 4.03. The number of hydrogen-bond acceptors (Lipinski definition) is 5. The zero-order valence-corrected chi connectivity index (χ0v) is 18.5. The first kappa shape index (κ1) is 23.3. The molecule has 8 heteroatoms. The van der Waals surface area contributed by atoms with E-state index in [9.17, 15) is 9.59 Å². The monoisotopic (exact) mass is 446 g/mol. The molecule has 3 N–H and O–H groups in total. The second-order valence-corrected chi connectivity index (χ2v) is 6.98. The van der Waals surface area contributed by atoms with Crippen molar-refractivity contribution < 1.29 is 19.1 Å². The lowest BCUT2D eigenvalue weighted by Crippen LogP contribution is -2.24. The lowest BCUT2D eigenvalue weighted by Gasteiger charge is -2.13. The molecule has 0 aliphatic rings. The van der Waals surface area contributed by atoms with E-state index in [1.54, 1.807) is 30.3 Å². The number of para-hydroxylation sites is 2. The van der Waals surface area contributed by atoms with Crippen molar-refractivity contribution in [1.29, 1.82) is 0 Å². The second-order valence-electron chi connectivity index (χ2n) is 6.98. The summed E-state index contributed by atoms with van der Waals surface area (Å²) in [5.41, 5.74) is 5.47. The van der Waals surface area contributed by atoms with Gasteiger partial charge in [0.1, 0.15) is 0 Å². The van der Waals surface area contributed by atoms with Crippen LogP contribution in [0.4, 0.5) is 16.2 Å². The number of benzene rings is 3. The van der Waals surface area contributed by atoms with Crippen molar-refractivity contribution >= 4 is 29.5 Å². The minimum Gasteiger partial charge on any atom is -0.490 e. The topological polar surface area (TPSA) is 101 Å². The van der Waals surface area contributed by atoms with Gasteiger partial charge < -0.3 is 20.1 Å². The molecule has 0 heterocycles. The molecule has 0 unspecified atom stereocenters. The Hall–Kier alpha value is -4.33. The van der Waals surface area contributed by atoms with Crippen molar-refractivity contribution in [2.45, 2.75) is 13.8 Å². The number of carbonyl (C=O) groups is 2. The van der Waals surface area contributed by atoms with E-state index in [1.807, 2.05) is 56.3 Å². The fourth-order valence-corrected chi connectivity index (χ4v) is 2.88. The van der Waals surface area contributed by atoms with E-state index in [2.05, 4.69) is 21.2 Å². The average molecular weight is 447 g/mol. The van der Waals surface area contributed by atoms with Crippen LogP contribution in [0.3, 0.4) is 0 Å². The van der Waals surface area contributed by atoms with E-state index in [0.717, 1.165) is 11.3 Å². The number of nitrogens with zero attached hydrogens (tertiary/aromatic N) is 1. The van der Waals surface area contributed by atoms with Gasteiger partial charge in [0.05, 0.1) is 12.8 Å². The van der Waals surface area contributed by atoms with Gasteiger partial charge in [0.25, 0.3) is 5.91 Å². The molecular weight excluding hydrogens is 420 g/mol. The average Bonchev–Trinajstić information content (AvgIpc) is 2.81. The highest BCUT2D eigenvalue weighted by Crippen LogP contribution is 2.28. The highest BCUT2D eigenvalue weighted by Gasteiger charge is 2.10. The van der Waals surface area contributed by atoms with Crippen molar-refractivity contribution in [2.75, 3.05) is 23.8 Å². The van der Waals surface area contributed by atoms with E-state index < -0.39 is 6.03 Å². The molecule has 8 nitrogen and oxygen atoms in total. The Balaban J connectivity index is 1.56. The molecule has 0 saturated carbocycles. The molecule has 3 amide bonds. The van der Waals surface area contributed by atoms with Gasteiger partial charge in [-0.3, -0.25) is 4.79 Å². The number of hydrogen-bond donors (Lipinski definition) is 3. The lowest BCUT2D eigenvalue weighted by molar-refractivity contribution is -0.118. The number of urea groups is 1. The predicted octanol–water partition coefficient (Wildman–Crippen LogP) is 4.57. The van der Waals surface area contributed by atoms with Crippen molar-refractivity contribution in [3.8, 4) is 11.5 Å². The largest absolute Gasteiger partial charge is 0.490 e. The number of aryl methyl sites for hydroxylation is 1. The molecule has 0 aromatic heterocycles. The number of amides is 3. The zero-order valence-electron chi connectivity index (χ0n) is 18.5. The fraction of sp³-hybridized carbons (Fsp3) is 0.160. The van der Waals surface area contributed by atoms with Crippen LogP contribution in [-0.4, -0.2) is 31.4 Å². The van der Waals surface area contributed by atoms with Gasteiger partial charge in [0.2, 0.25) is 0 Å². The molecule has 33 heavy (non-hydrogen) atoms. The summed E-state index contributed by atoms with van der Waals surface area (Å²) in [5.74, 6) is 0.633. The summed E-state index contributed by atoms with van der Waals surface area (Å²) in [5, 5.41) is 9.45. The van der Waals surface area contributed by atoms with Crippen LogP contribution in [0.5, 0.6) is 11.5 Å². The number of anilines is 2. The van der Waals surface area contributed by atoms with Crippen molar-refractivity contribution in [1.82, 2.24) is 5.43 Å². The summed E-state index contributed by atoms with van der Waals surface area (Å²) in [4.78, 5) is 24.2. The van der Waals surface area contributed by atoms with E-state index in [1.165, 1.54) is 6.21 Å². The van der Waals surface area contributed by atoms with E-state index in [-0.39, 0.29) is 12.5 Å². The van der Waals surface area contributed by atoms with Crippen LogP contribution in [0.25, 0.3) is 0 Å². The minimum atomic E-state index is -0.456. The maximum Gasteiger partial charge on any atom is 0.339 e. The lowest BCUT2D eigenvalue weighted by atomic mass is 10.2. The first-order chi connectivity index (χ1) is 16.0. The first-order valence-electron chi connectivity index (χ1n) is 10.5. The number of rotatable bonds is 9. The van der Waals surface area contributed by atoms with Gasteiger partial charge in [-0.05, 0) is 61.4 Å². The van der Waals surface area contributed by atoms with Gasteiger partial charge in [0.15, 0.2) is 18.1 Å². The molecule has 0 atom stereocenters. The Kier molecular flexibility index (Phi) is 8.41.